The molecule has 19 heavy (non-hydrogen) atoms. The Morgan fingerprint density at radius 3 is 2.26 bits per heavy atom. The third kappa shape index (κ3) is 2.85. The van der Waals surface area contributed by atoms with E-state index in [1.54, 1.807) is 0 Å². The van der Waals surface area contributed by atoms with Crippen molar-refractivity contribution in [3.05, 3.63) is 0 Å². The lowest BCUT2D eigenvalue weighted by atomic mass is 9.78. The zero-order chi connectivity index (χ0) is 13.4. The molecule has 110 valence electrons. The second-order valence-corrected chi connectivity index (χ2v) is 7.56. The summed E-state index contributed by atoms with van der Waals surface area (Å²) in [5.74, 6) is 1.84. The number of fused-ring (bicyclic) bond motifs is 2. The van der Waals surface area contributed by atoms with Crippen LogP contribution in [-0.2, 0) is 0 Å². The molecule has 3 aliphatic rings. The maximum absolute atomic E-state index is 3.80. The summed E-state index contributed by atoms with van der Waals surface area (Å²) in [4.78, 5) is 2.90. The van der Waals surface area contributed by atoms with E-state index in [0.717, 1.165) is 36.0 Å². The van der Waals surface area contributed by atoms with E-state index in [-0.39, 0.29) is 0 Å². The predicted molar refractivity (Wildman–Crippen MR) is 81.3 cm³/mol. The molecule has 1 N–H and O–H groups in total. The molecule has 0 radical (unpaired) electrons. The van der Waals surface area contributed by atoms with Crippen LogP contribution in [0.4, 0.5) is 0 Å². The lowest BCUT2D eigenvalue weighted by Crippen LogP contribution is -2.54. The molecule has 2 nitrogen and oxygen atoms in total. The molecular weight excluding hydrogens is 232 g/mol. The number of hydrogen-bond donors (Lipinski definition) is 1. The average Bonchev–Trinajstić information content (AvgIpc) is 2.74. The monoisotopic (exact) mass is 264 g/mol. The maximum Gasteiger partial charge on any atom is 0.0128 e. The van der Waals surface area contributed by atoms with E-state index in [0.29, 0.717) is 0 Å². The van der Waals surface area contributed by atoms with E-state index < -0.39 is 0 Å². The van der Waals surface area contributed by atoms with Gasteiger partial charge < -0.3 is 5.32 Å². The Bertz CT molecular complexity index is 292. The van der Waals surface area contributed by atoms with Gasteiger partial charge in [0.05, 0.1) is 0 Å². The van der Waals surface area contributed by atoms with Crippen LogP contribution >= 0.6 is 0 Å². The molecule has 5 atom stereocenters. The zero-order valence-corrected chi connectivity index (χ0v) is 13.1. The number of hydrogen-bond acceptors (Lipinski definition) is 2. The second-order valence-electron chi connectivity index (χ2n) is 7.56. The third-order valence-electron chi connectivity index (χ3n) is 6.12. The molecule has 2 saturated heterocycles. The smallest absolute Gasteiger partial charge is 0.0128 e. The fourth-order valence-corrected chi connectivity index (χ4v) is 5.03. The van der Waals surface area contributed by atoms with E-state index in [4.69, 9.17) is 0 Å². The number of nitrogens with one attached hydrogen (secondary N) is 1. The molecule has 0 aromatic rings. The minimum absolute atomic E-state index is 0.828. The van der Waals surface area contributed by atoms with Gasteiger partial charge in [-0.1, -0.05) is 27.2 Å². The van der Waals surface area contributed by atoms with Gasteiger partial charge in [-0.2, -0.15) is 0 Å². The quantitative estimate of drug-likeness (QED) is 0.840. The van der Waals surface area contributed by atoms with Gasteiger partial charge in [0.15, 0.2) is 0 Å². The zero-order valence-electron chi connectivity index (χ0n) is 13.1. The van der Waals surface area contributed by atoms with Crippen molar-refractivity contribution in [3.8, 4) is 0 Å². The molecule has 5 unspecified atom stereocenters. The molecule has 1 saturated carbocycles. The van der Waals surface area contributed by atoms with Crippen LogP contribution in [0.1, 0.15) is 65.7 Å². The largest absolute Gasteiger partial charge is 0.311 e. The van der Waals surface area contributed by atoms with Crippen molar-refractivity contribution in [3.63, 3.8) is 0 Å². The van der Waals surface area contributed by atoms with Crippen LogP contribution in [0, 0.1) is 11.8 Å². The molecule has 2 aliphatic heterocycles. The third-order valence-corrected chi connectivity index (χ3v) is 6.12. The molecule has 0 aromatic carbocycles. The first kappa shape index (κ1) is 13.9. The van der Waals surface area contributed by atoms with E-state index in [1.807, 2.05) is 0 Å². The fraction of sp³-hybridized carbons (Fsp3) is 1.00. The normalized spacial score (nSPS) is 46.7. The Hall–Kier alpha value is -0.0800. The summed E-state index contributed by atoms with van der Waals surface area (Å²) in [5.41, 5.74) is 0. The summed E-state index contributed by atoms with van der Waals surface area (Å²) in [6.45, 7) is 8.59. The van der Waals surface area contributed by atoms with Crippen molar-refractivity contribution in [2.45, 2.75) is 89.9 Å². The van der Waals surface area contributed by atoms with Crippen molar-refractivity contribution >= 4 is 0 Å². The van der Waals surface area contributed by atoms with Crippen molar-refractivity contribution in [2.75, 3.05) is 6.54 Å². The number of piperidine rings is 1. The standard InChI is InChI=1S/C17H32N2/c1-4-19(17-9-12(2)5-6-13(17)3)16-10-14-7-8-15(11-16)18-14/h12-18H,4-11H2,1-3H3. The predicted octanol–water partition coefficient (Wildman–Crippen LogP) is 3.42. The minimum Gasteiger partial charge on any atom is -0.311 e. The van der Waals surface area contributed by atoms with Gasteiger partial charge in [-0.15, -0.1) is 0 Å². The first-order valence-corrected chi connectivity index (χ1v) is 8.69. The van der Waals surface area contributed by atoms with Crippen molar-refractivity contribution in [1.29, 1.82) is 0 Å². The lowest BCUT2D eigenvalue weighted by Gasteiger charge is -2.46. The fourth-order valence-electron chi connectivity index (χ4n) is 5.03. The molecule has 2 heterocycles. The van der Waals surface area contributed by atoms with E-state index in [2.05, 4.69) is 31.0 Å². The molecule has 1 aliphatic carbocycles. The van der Waals surface area contributed by atoms with Crippen LogP contribution in [0.15, 0.2) is 0 Å². The van der Waals surface area contributed by atoms with E-state index in [9.17, 15) is 0 Å². The van der Waals surface area contributed by atoms with Gasteiger partial charge in [0.2, 0.25) is 0 Å². The highest BCUT2D eigenvalue weighted by molar-refractivity contribution is 4.98. The first-order chi connectivity index (χ1) is 9.17. The van der Waals surface area contributed by atoms with Gasteiger partial charge in [-0.3, -0.25) is 4.90 Å². The Kier molecular flexibility index (Phi) is 4.19. The lowest BCUT2D eigenvalue weighted by molar-refractivity contribution is 0.0374. The Balaban J connectivity index is 1.69. The van der Waals surface area contributed by atoms with Crippen molar-refractivity contribution < 1.29 is 0 Å². The van der Waals surface area contributed by atoms with Gasteiger partial charge in [0.25, 0.3) is 0 Å². The summed E-state index contributed by atoms with van der Waals surface area (Å²) < 4.78 is 0. The van der Waals surface area contributed by atoms with Crippen LogP contribution in [0.2, 0.25) is 0 Å². The van der Waals surface area contributed by atoms with Gasteiger partial charge in [0.1, 0.15) is 0 Å². The minimum atomic E-state index is 0.828. The van der Waals surface area contributed by atoms with Gasteiger partial charge in [0, 0.05) is 24.2 Å². The molecule has 0 spiro atoms. The Labute approximate surface area is 119 Å². The van der Waals surface area contributed by atoms with Crippen LogP contribution < -0.4 is 5.32 Å². The molecule has 0 aromatic heterocycles. The highest BCUT2D eigenvalue weighted by atomic mass is 15.2. The molecule has 3 fully saturated rings. The summed E-state index contributed by atoms with van der Waals surface area (Å²) in [6, 6.07) is 3.38. The van der Waals surface area contributed by atoms with Gasteiger partial charge >= 0.3 is 0 Å². The average molecular weight is 264 g/mol. The van der Waals surface area contributed by atoms with Gasteiger partial charge in [-0.25, -0.2) is 0 Å². The van der Waals surface area contributed by atoms with E-state index >= 15 is 0 Å². The molecule has 3 rings (SSSR count). The summed E-state index contributed by atoms with van der Waals surface area (Å²) in [7, 11) is 0. The Morgan fingerprint density at radius 2 is 1.63 bits per heavy atom. The van der Waals surface area contributed by atoms with Gasteiger partial charge in [-0.05, 0) is 56.9 Å². The van der Waals surface area contributed by atoms with Crippen molar-refractivity contribution in [2.24, 2.45) is 11.8 Å². The summed E-state index contributed by atoms with van der Waals surface area (Å²) >= 11 is 0. The molecule has 0 amide bonds. The number of rotatable bonds is 3. The van der Waals surface area contributed by atoms with Crippen LogP contribution in [0.5, 0.6) is 0 Å². The SMILES string of the molecule is CCN(C1CC2CCC(C1)N2)C1CC(C)CCC1C. The molecule has 2 bridgehead atoms. The van der Waals surface area contributed by atoms with Crippen LogP contribution in [0.3, 0.4) is 0 Å². The Morgan fingerprint density at radius 1 is 0.947 bits per heavy atom. The number of nitrogens with zero attached hydrogens (tertiary/aromatic N) is 1. The first-order valence-electron chi connectivity index (χ1n) is 8.69. The van der Waals surface area contributed by atoms with E-state index in [1.165, 1.54) is 51.5 Å². The summed E-state index contributed by atoms with van der Waals surface area (Å²) in [6.07, 6.45) is 10.00. The highest BCUT2D eigenvalue weighted by Gasteiger charge is 2.39. The van der Waals surface area contributed by atoms with Crippen LogP contribution in [0.25, 0.3) is 0 Å². The topological polar surface area (TPSA) is 15.3 Å². The second kappa shape index (κ2) is 5.73. The molecule has 2 heteroatoms. The maximum atomic E-state index is 3.80. The summed E-state index contributed by atoms with van der Waals surface area (Å²) in [5, 5.41) is 3.80. The van der Waals surface area contributed by atoms with Crippen LogP contribution in [-0.4, -0.2) is 35.6 Å². The highest BCUT2D eigenvalue weighted by Crippen LogP contribution is 2.37. The van der Waals surface area contributed by atoms with Crippen molar-refractivity contribution in [1.82, 2.24) is 10.2 Å². The molecular formula is C17H32N2.